The van der Waals surface area contributed by atoms with Crippen LogP contribution in [0.2, 0.25) is 0 Å². The van der Waals surface area contributed by atoms with E-state index in [0.29, 0.717) is 36.8 Å². The first kappa shape index (κ1) is 16.6. The topological polar surface area (TPSA) is 64.8 Å². The molecule has 1 aromatic rings. The number of likely N-dealkylation sites (tertiary alicyclic amines) is 1. The number of carbonyl (C=O) groups excluding carboxylic acids is 1. The number of carbonyl (C=O) groups is 1. The zero-order valence-electron chi connectivity index (χ0n) is 13.5. The second-order valence-corrected chi connectivity index (χ2v) is 5.60. The van der Waals surface area contributed by atoms with Crippen LogP contribution in [0.15, 0.2) is 18.2 Å². The van der Waals surface area contributed by atoms with E-state index in [1.807, 2.05) is 13.0 Å². The van der Waals surface area contributed by atoms with Crippen molar-refractivity contribution in [2.24, 2.45) is 5.73 Å². The van der Waals surface area contributed by atoms with Crippen LogP contribution in [0, 0.1) is 0 Å². The molecule has 2 N–H and O–H groups in total. The van der Waals surface area contributed by atoms with E-state index < -0.39 is 0 Å². The van der Waals surface area contributed by atoms with Gasteiger partial charge < -0.3 is 20.1 Å². The number of rotatable bonds is 7. The molecule has 5 heteroatoms. The summed E-state index contributed by atoms with van der Waals surface area (Å²) >= 11 is 0. The Kier molecular flexibility index (Phi) is 6.07. The number of nitrogens with two attached hydrogens (primary N) is 1. The lowest BCUT2D eigenvalue weighted by Crippen LogP contribution is -2.31. The van der Waals surface area contributed by atoms with Gasteiger partial charge in [-0.05, 0) is 38.0 Å². The molecule has 0 bridgehead atoms. The minimum absolute atomic E-state index is 0.00834. The standard InChI is InChI=1S/C17H26N2O3/c1-3-5-10-22-15-7-6-13(11-16(15)21-4-2)17(20)19-9-8-14(18)12-19/h6-7,11,14H,3-5,8-10,12,18H2,1-2H3/t14-/m1/s1. The maximum absolute atomic E-state index is 12.5. The molecule has 1 atom stereocenters. The molecule has 0 unspecified atom stereocenters. The van der Waals surface area contributed by atoms with Crippen molar-refractivity contribution in [3.05, 3.63) is 23.8 Å². The van der Waals surface area contributed by atoms with Gasteiger partial charge in [0.05, 0.1) is 13.2 Å². The molecule has 2 rings (SSSR count). The van der Waals surface area contributed by atoms with Gasteiger partial charge in [-0.3, -0.25) is 4.79 Å². The monoisotopic (exact) mass is 306 g/mol. The van der Waals surface area contributed by atoms with Crippen molar-refractivity contribution in [2.75, 3.05) is 26.3 Å². The molecule has 1 aromatic carbocycles. The van der Waals surface area contributed by atoms with E-state index in [-0.39, 0.29) is 11.9 Å². The van der Waals surface area contributed by atoms with E-state index in [1.165, 1.54) is 0 Å². The Balaban J connectivity index is 2.11. The summed E-state index contributed by atoms with van der Waals surface area (Å²) in [4.78, 5) is 14.3. The molecule has 1 fully saturated rings. The molecule has 22 heavy (non-hydrogen) atoms. The predicted molar refractivity (Wildman–Crippen MR) is 86.5 cm³/mol. The average molecular weight is 306 g/mol. The van der Waals surface area contributed by atoms with E-state index in [1.54, 1.807) is 17.0 Å². The molecule has 0 radical (unpaired) electrons. The lowest BCUT2D eigenvalue weighted by molar-refractivity contribution is 0.0790. The Bertz CT molecular complexity index is 505. The van der Waals surface area contributed by atoms with Gasteiger partial charge in [0.2, 0.25) is 0 Å². The van der Waals surface area contributed by atoms with Crippen LogP contribution in [0.3, 0.4) is 0 Å². The fraction of sp³-hybridized carbons (Fsp3) is 0.588. The molecular weight excluding hydrogens is 280 g/mol. The zero-order valence-corrected chi connectivity index (χ0v) is 13.5. The summed E-state index contributed by atoms with van der Waals surface area (Å²) in [6.45, 7) is 6.58. The molecule has 1 saturated heterocycles. The molecule has 1 heterocycles. The van der Waals surface area contributed by atoms with Gasteiger partial charge in [-0.1, -0.05) is 13.3 Å². The third-order valence-electron chi connectivity index (χ3n) is 3.76. The van der Waals surface area contributed by atoms with Crippen LogP contribution in [0.1, 0.15) is 43.5 Å². The second-order valence-electron chi connectivity index (χ2n) is 5.60. The van der Waals surface area contributed by atoms with Crippen molar-refractivity contribution in [3.8, 4) is 11.5 Å². The Morgan fingerprint density at radius 1 is 1.32 bits per heavy atom. The van der Waals surface area contributed by atoms with Crippen LogP contribution in [-0.4, -0.2) is 43.2 Å². The largest absolute Gasteiger partial charge is 0.490 e. The van der Waals surface area contributed by atoms with Crippen molar-refractivity contribution in [1.82, 2.24) is 4.90 Å². The van der Waals surface area contributed by atoms with Crippen LogP contribution in [0.25, 0.3) is 0 Å². The molecule has 0 saturated carbocycles. The average Bonchev–Trinajstić information content (AvgIpc) is 2.95. The lowest BCUT2D eigenvalue weighted by Gasteiger charge is -2.17. The van der Waals surface area contributed by atoms with Crippen LogP contribution in [-0.2, 0) is 0 Å². The fourth-order valence-electron chi connectivity index (χ4n) is 2.51. The molecule has 5 nitrogen and oxygen atoms in total. The Morgan fingerprint density at radius 3 is 2.77 bits per heavy atom. The molecule has 0 aromatic heterocycles. The van der Waals surface area contributed by atoms with Crippen molar-refractivity contribution >= 4 is 5.91 Å². The molecular formula is C17H26N2O3. The van der Waals surface area contributed by atoms with E-state index in [2.05, 4.69) is 6.92 Å². The first-order chi connectivity index (χ1) is 10.7. The highest BCUT2D eigenvalue weighted by molar-refractivity contribution is 5.95. The number of amides is 1. The Labute approximate surface area is 132 Å². The summed E-state index contributed by atoms with van der Waals surface area (Å²) in [6, 6.07) is 5.49. The van der Waals surface area contributed by atoms with Gasteiger partial charge in [0, 0.05) is 24.7 Å². The summed E-state index contributed by atoms with van der Waals surface area (Å²) in [7, 11) is 0. The third kappa shape index (κ3) is 4.13. The van der Waals surface area contributed by atoms with Crippen LogP contribution < -0.4 is 15.2 Å². The minimum Gasteiger partial charge on any atom is -0.490 e. The summed E-state index contributed by atoms with van der Waals surface area (Å²) < 4.78 is 11.4. The molecule has 0 spiro atoms. The first-order valence-electron chi connectivity index (χ1n) is 8.10. The van der Waals surface area contributed by atoms with E-state index in [4.69, 9.17) is 15.2 Å². The SMILES string of the molecule is CCCCOc1ccc(C(=O)N2CC[C@@H](N)C2)cc1OCC. The number of nitrogens with zero attached hydrogens (tertiary/aromatic N) is 1. The number of unbranched alkanes of at least 4 members (excludes halogenated alkanes) is 1. The number of hydrogen-bond donors (Lipinski definition) is 1. The van der Waals surface area contributed by atoms with Gasteiger partial charge in [-0.15, -0.1) is 0 Å². The highest BCUT2D eigenvalue weighted by Gasteiger charge is 2.25. The fourth-order valence-corrected chi connectivity index (χ4v) is 2.51. The lowest BCUT2D eigenvalue weighted by atomic mass is 10.1. The highest BCUT2D eigenvalue weighted by atomic mass is 16.5. The molecule has 1 aliphatic heterocycles. The molecule has 1 aliphatic rings. The second kappa shape index (κ2) is 8.03. The predicted octanol–water partition coefficient (Wildman–Crippen LogP) is 2.44. The quantitative estimate of drug-likeness (QED) is 0.786. The summed E-state index contributed by atoms with van der Waals surface area (Å²) in [5, 5.41) is 0. The zero-order chi connectivity index (χ0) is 15.9. The maximum atomic E-state index is 12.5. The summed E-state index contributed by atoms with van der Waals surface area (Å²) in [5.74, 6) is 1.34. The Morgan fingerprint density at radius 2 is 2.14 bits per heavy atom. The van der Waals surface area contributed by atoms with Gasteiger partial charge in [-0.2, -0.15) is 0 Å². The van der Waals surface area contributed by atoms with Gasteiger partial charge in [0.1, 0.15) is 0 Å². The van der Waals surface area contributed by atoms with E-state index >= 15 is 0 Å². The van der Waals surface area contributed by atoms with Crippen molar-refractivity contribution in [2.45, 2.75) is 39.2 Å². The normalized spacial score (nSPS) is 17.6. The maximum Gasteiger partial charge on any atom is 0.254 e. The van der Waals surface area contributed by atoms with Gasteiger partial charge in [-0.25, -0.2) is 0 Å². The Hall–Kier alpha value is -1.75. The van der Waals surface area contributed by atoms with Gasteiger partial charge >= 0.3 is 0 Å². The third-order valence-corrected chi connectivity index (χ3v) is 3.76. The van der Waals surface area contributed by atoms with Gasteiger partial charge in [0.25, 0.3) is 5.91 Å². The van der Waals surface area contributed by atoms with Crippen molar-refractivity contribution in [3.63, 3.8) is 0 Å². The first-order valence-corrected chi connectivity index (χ1v) is 8.10. The minimum atomic E-state index is 0.00834. The number of ether oxygens (including phenoxy) is 2. The number of hydrogen-bond acceptors (Lipinski definition) is 4. The van der Waals surface area contributed by atoms with E-state index in [9.17, 15) is 4.79 Å². The molecule has 122 valence electrons. The highest BCUT2D eigenvalue weighted by Crippen LogP contribution is 2.29. The smallest absolute Gasteiger partial charge is 0.254 e. The van der Waals surface area contributed by atoms with Crippen LogP contribution >= 0.6 is 0 Å². The van der Waals surface area contributed by atoms with Crippen molar-refractivity contribution < 1.29 is 14.3 Å². The van der Waals surface area contributed by atoms with E-state index in [0.717, 1.165) is 25.8 Å². The molecule has 0 aliphatic carbocycles. The van der Waals surface area contributed by atoms with Gasteiger partial charge in [0.15, 0.2) is 11.5 Å². The van der Waals surface area contributed by atoms with Crippen LogP contribution in [0.4, 0.5) is 0 Å². The molecule has 1 amide bonds. The summed E-state index contributed by atoms with van der Waals surface area (Å²) in [5.41, 5.74) is 6.50. The van der Waals surface area contributed by atoms with Crippen LogP contribution in [0.5, 0.6) is 11.5 Å². The number of benzene rings is 1. The summed E-state index contributed by atoms with van der Waals surface area (Å²) in [6.07, 6.45) is 2.94. The van der Waals surface area contributed by atoms with Crippen molar-refractivity contribution in [1.29, 1.82) is 0 Å².